The van der Waals surface area contributed by atoms with E-state index in [1.165, 1.54) is 6.07 Å². The van der Waals surface area contributed by atoms with Crippen LogP contribution in [0.4, 0.5) is 5.95 Å². The Hall–Kier alpha value is -1.40. The van der Waals surface area contributed by atoms with Crippen molar-refractivity contribution in [3.05, 3.63) is 22.1 Å². The molecule has 6 heteroatoms. The molecule has 0 aliphatic heterocycles. The molecule has 14 heavy (non-hydrogen) atoms. The average molecular weight is 198 g/mol. The molecule has 0 atom stereocenters. The lowest BCUT2D eigenvalue weighted by atomic mass is 10.4. The van der Waals surface area contributed by atoms with Crippen LogP contribution in [0.2, 0.25) is 0 Å². The van der Waals surface area contributed by atoms with Gasteiger partial charge in [0.2, 0.25) is 5.95 Å². The summed E-state index contributed by atoms with van der Waals surface area (Å²) in [5.74, 6) is 0.434. The van der Waals surface area contributed by atoms with Crippen molar-refractivity contribution in [2.45, 2.75) is 6.92 Å². The van der Waals surface area contributed by atoms with Crippen molar-refractivity contribution >= 4 is 5.95 Å². The molecule has 6 nitrogen and oxygen atoms in total. The van der Waals surface area contributed by atoms with Crippen LogP contribution in [0.3, 0.4) is 0 Å². The normalized spacial score (nSPS) is 10.2. The first-order chi connectivity index (χ1) is 6.65. The van der Waals surface area contributed by atoms with Crippen molar-refractivity contribution < 1.29 is 5.11 Å². The monoisotopic (exact) mass is 198 g/mol. The van der Waals surface area contributed by atoms with E-state index in [-0.39, 0.29) is 12.2 Å². The molecule has 0 aliphatic rings. The molecule has 0 aliphatic carbocycles. The number of rotatable bonds is 4. The second-order valence-corrected chi connectivity index (χ2v) is 2.89. The Bertz CT molecular complexity index is 361. The molecule has 0 fully saturated rings. The molecule has 0 bridgehead atoms. The molecule has 1 aromatic heterocycles. The SMILES string of the molecule is Cc1cc(=O)nc(NNCCO)n1C. The third-order valence-electron chi connectivity index (χ3n) is 1.83. The number of nitrogens with zero attached hydrogens (tertiary/aromatic N) is 2. The lowest BCUT2D eigenvalue weighted by Crippen LogP contribution is -2.29. The summed E-state index contributed by atoms with van der Waals surface area (Å²) in [5.41, 5.74) is 6.00. The highest BCUT2D eigenvalue weighted by Gasteiger charge is 2.01. The highest BCUT2D eigenvalue weighted by molar-refractivity contribution is 5.25. The first-order valence-corrected chi connectivity index (χ1v) is 4.29. The van der Waals surface area contributed by atoms with Crippen LogP contribution in [0.25, 0.3) is 0 Å². The fraction of sp³-hybridized carbons (Fsp3) is 0.500. The zero-order chi connectivity index (χ0) is 10.6. The predicted molar refractivity (Wildman–Crippen MR) is 52.9 cm³/mol. The van der Waals surface area contributed by atoms with Crippen LogP contribution in [-0.2, 0) is 7.05 Å². The maximum absolute atomic E-state index is 11.1. The van der Waals surface area contributed by atoms with E-state index in [2.05, 4.69) is 15.8 Å². The molecule has 78 valence electrons. The second kappa shape index (κ2) is 4.73. The number of nitrogens with one attached hydrogen (secondary N) is 2. The van der Waals surface area contributed by atoms with Crippen LogP contribution in [-0.4, -0.2) is 27.8 Å². The van der Waals surface area contributed by atoms with Crippen molar-refractivity contribution in [2.24, 2.45) is 7.05 Å². The summed E-state index contributed by atoms with van der Waals surface area (Å²) in [6, 6.07) is 1.46. The highest BCUT2D eigenvalue weighted by atomic mass is 16.3. The number of anilines is 1. The first-order valence-electron chi connectivity index (χ1n) is 4.29. The van der Waals surface area contributed by atoms with Crippen LogP contribution in [0, 0.1) is 6.92 Å². The lowest BCUT2D eigenvalue weighted by Gasteiger charge is -2.11. The third-order valence-corrected chi connectivity index (χ3v) is 1.83. The minimum Gasteiger partial charge on any atom is -0.395 e. The van der Waals surface area contributed by atoms with Gasteiger partial charge in [-0.15, -0.1) is 0 Å². The number of aryl methyl sites for hydroxylation is 1. The standard InChI is InChI=1S/C8H14N4O2/c1-6-5-7(14)10-8(12(6)2)11-9-3-4-13/h5,9,13H,3-4H2,1-2H3,(H,10,11,14). The highest BCUT2D eigenvalue weighted by Crippen LogP contribution is 1.99. The fourth-order valence-electron chi connectivity index (χ4n) is 0.963. The van der Waals surface area contributed by atoms with Gasteiger partial charge in [-0.2, -0.15) is 4.98 Å². The van der Waals surface area contributed by atoms with Crippen molar-refractivity contribution in [3.8, 4) is 0 Å². The maximum atomic E-state index is 11.1. The molecule has 1 aromatic rings. The summed E-state index contributed by atoms with van der Waals surface area (Å²) >= 11 is 0. The Kier molecular flexibility index (Phi) is 3.61. The molecule has 1 heterocycles. The van der Waals surface area contributed by atoms with Crippen molar-refractivity contribution in [1.82, 2.24) is 15.0 Å². The minimum atomic E-state index is -0.283. The smallest absolute Gasteiger partial charge is 0.274 e. The Morgan fingerprint density at radius 1 is 1.64 bits per heavy atom. The maximum Gasteiger partial charge on any atom is 0.274 e. The van der Waals surface area contributed by atoms with E-state index in [1.807, 2.05) is 6.92 Å². The number of aliphatic hydroxyl groups excluding tert-OH is 1. The summed E-state index contributed by atoms with van der Waals surface area (Å²) in [6.45, 7) is 2.23. The van der Waals surface area contributed by atoms with Gasteiger partial charge in [0.05, 0.1) is 6.61 Å². The van der Waals surface area contributed by atoms with Gasteiger partial charge in [0.15, 0.2) is 0 Å². The van der Waals surface area contributed by atoms with E-state index in [4.69, 9.17) is 5.11 Å². The van der Waals surface area contributed by atoms with Crippen LogP contribution in [0.15, 0.2) is 10.9 Å². The number of hydrogen-bond acceptors (Lipinski definition) is 5. The minimum absolute atomic E-state index is 0.0206. The number of aliphatic hydroxyl groups is 1. The lowest BCUT2D eigenvalue weighted by molar-refractivity contribution is 0.296. The van der Waals surface area contributed by atoms with Crippen LogP contribution >= 0.6 is 0 Å². The largest absolute Gasteiger partial charge is 0.395 e. The van der Waals surface area contributed by atoms with Crippen LogP contribution in [0.5, 0.6) is 0 Å². The predicted octanol–water partition coefficient (Wildman–Crippen LogP) is -1.00. The van der Waals surface area contributed by atoms with Crippen molar-refractivity contribution in [1.29, 1.82) is 0 Å². The molecule has 1 rings (SSSR count). The van der Waals surface area contributed by atoms with Crippen LogP contribution in [0.1, 0.15) is 5.69 Å². The van der Waals surface area contributed by atoms with Gasteiger partial charge in [-0.3, -0.25) is 10.2 Å². The zero-order valence-electron chi connectivity index (χ0n) is 8.24. The molecule has 0 spiro atoms. The number of hydrogen-bond donors (Lipinski definition) is 3. The Morgan fingerprint density at radius 3 is 3.00 bits per heavy atom. The molecule has 0 saturated carbocycles. The third kappa shape index (κ3) is 2.54. The molecule has 3 N–H and O–H groups in total. The average Bonchev–Trinajstić information content (AvgIpc) is 2.13. The van der Waals surface area contributed by atoms with Crippen molar-refractivity contribution in [2.75, 3.05) is 18.6 Å². The summed E-state index contributed by atoms with van der Waals surface area (Å²) in [4.78, 5) is 14.8. The molecule has 0 amide bonds. The molecule has 0 radical (unpaired) electrons. The number of hydrazine groups is 1. The second-order valence-electron chi connectivity index (χ2n) is 2.89. The van der Waals surface area contributed by atoms with Crippen molar-refractivity contribution in [3.63, 3.8) is 0 Å². The van der Waals surface area contributed by atoms with Gasteiger partial charge < -0.3 is 9.67 Å². The van der Waals surface area contributed by atoms with Gasteiger partial charge in [0, 0.05) is 25.4 Å². The van der Waals surface area contributed by atoms with Gasteiger partial charge in [0.25, 0.3) is 5.56 Å². The summed E-state index contributed by atoms with van der Waals surface area (Å²) < 4.78 is 1.74. The van der Waals surface area contributed by atoms with E-state index in [9.17, 15) is 4.79 Å². The van der Waals surface area contributed by atoms with Gasteiger partial charge in [-0.1, -0.05) is 0 Å². The van der Waals surface area contributed by atoms with Gasteiger partial charge >= 0.3 is 0 Å². The molecular formula is C8H14N4O2. The molecule has 0 saturated heterocycles. The molecule has 0 unspecified atom stereocenters. The Labute approximate surface area is 81.6 Å². The zero-order valence-corrected chi connectivity index (χ0v) is 8.24. The molecular weight excluding hydrogens is 184 g/mol. The topological polar surface area (TPSA) is 79.2 Å². The summed E-state index contributed by atoms with van der Waals surface area (Å²) in [7, 11) is 1.80. The summed E-state index contributed by atoms with van der Waals surface area (Å²) in [6.07, 6.45) is 0. The van der Waals surface area contributed by atoms with Gasteiger partial charge in [-0.05, 0) is 6.92 Å². The number of aromatic nitrogens is 2. The van der Waals surface area contributed by atoms with E-state index in [0.717, 1.165) is 5.69 Å². The summed E-state index contributed by atoms with van der Waals surface area (Å²) in [5, 5.41) is 8.53. The first kappa shape index (κ1) is 10.7. The Balaban J connectivity index is 2.80. The quantitative estimate of drug-likeness (QED) is 0.427. The van der Waals surface area contributed by atoms with E-state index in [0.29, 0.717) is 12.5 Å². The van der Waals surface area contributed by atoms with Crippen LogP contribution < -0.4 is 16.4 Å². The van der Waals surface area contributed by atoms with E-state index >= 15 is 0 Å². The van der Waals surface area contributed by atoms with E-state index < -0.39 is 0 Å². The van der Waals surface area contributed by atoms with E-state index in [1.54, 1.807) is 11.6 Å². The molecule has 0 aromatic carbocycles. The Morgan fingerprint density at radius 2 is 2.36 bits per heavy atom. The van der Waals surface area contributed by atoms with Gasteiger partial charge in [0.1, 0.15) is 0 Å². The van der Waals surface area contributed by atoms with Gasteiger partial charge in [-0.25, -0.2) is 5.43 Å². The fourth-order valence-corrected chi connectivity index (χ4v) is 0.963.